The minimum atomic E-state index is -3.50. The number of nitrogens with one attached hydrogen (secondary N) is 1. The Labute approximate surface area is 170 Å². The van der Waals surface area contributed by atoms with Gasteiger partial charge in [0.25, 0.3) is 0 Å². The minimum absolute atomic E-state index is 0.178. The normalized spacial score (nSPS) is 11.3. The Balaban J connectivity index is 2.02. The van der Waals surface area contributed by atoms with Gasteiger partial charge in [-0.1, -0.05) is 35.3 Å². The third-order valence-corrected chi connectivity index (χ3v) is 5.88. The topological polar surface area (TPSA) is 66.5 Å². The van der Waals surface area contributed by atoms with Crippen LogP contribution in [0.15, 0.2) is 36.4 Å². The summed E-state index contributed by atoms with van der Waals surface area (Å²) in [6.07, 6.45) is 1.68. The molecule has 8 heteroatoms. The average molecular weight is 429 g/mol. The molecule has 1 amide bonds. The van der Waals surface area contributed by atoms with Crippen LogP contribution in [0.3, 0.4) is 0 Å². The molecule has 2 aromatic carbocycles. The summed E-state index contributed by atoms with van der Waals surface area (Å²) in [4.78, 5) is 12.2. The molecule has 0 heterocycles. The molecule has 5 nitrogen and oxygen atoms in total. The van der Waals surface area contributed by atoms with Crippen LogP contribution in [0, 0.1) is 13.8 Å². The van der Waals surface area contributed by atoms with E-state index in [1.165, 1.54) is 4.31 Å². The molecule has 27 heavy (non-hydrogen) atoms. The van der Waals surface area contributed by atoms with Gasteiger partial charge in [0.2, 0.25) is 15.9 Å². The van der Waals surface area contributed by atoms with Gasteiger partial charge in [-0.25, -0.2) is 8.42 Å². The molecule has 146 valence electrons. The quantitative estimate of drug-likeness (QED) is 0.688. The maximum Gasteiger partial charge on any atom is 0.232 e. The third-order valence-electron chi connectivity index (χ3n) is 4.06. The zero-order chi connectivity index (χ0) is 20.2. The van der Waals surface area contributed by atoms with E-state index in [0.29, 0.717) is 27.8 Å². The first-order chi connectivity index (χ1) is 12.6. The molecule has 0 saturated heterocycles. The predicted molar refractivity (Wildman–Crippen MR) is 112 cm³/mol. The highest BCUT2D eigenvalue weighted by Gasteiger charge is 2.19. The van der Waals surface area contributed by atoms with E-state index in [2.05, 4.69) is 5.32 Å². The Bertz CT molecular complexity index is 946. The molecule has 0 unspecified atom stereocenters. The Morgan fingerprint density at radius 1 is 1.07 bits per heavy atom. The molecular formula is C19H22Cl2N2O3S. The lowest BCUT2D eigenvalue weighted by molar-refractivity contribution is -0.116. The molecule has 1 N–H and O–H groups in total. The number of hydrogen-bond acceptors (Lipinski definition) is 3. The number of carbonyl (C=O) groups is 1. The largest absolute Gasteiger partial charge is 0.326 e. The van der Waals surface area contributed by atoms with E-state index in [9.17, 15) is 13.2 Å². The molecule has 0 atom stereocenters. The second-order valence-electron chi connectivity index (χ2n) is 6.38. The summed E-state index contributed by atoms with van der Waals surface area (Å²) in [5, 5.41) is 3.80. The highest BCUT2D eigenvalue weighted by atomic mass is 35.5. The number of carbonyl (C=O) groups excluding carboxylic acids is 1. The number of hydrogen-bond donors (Lipinski definition) is 1. The highest BCUT2D eigenvalue weighted by molar-refractivity contribution is 7.92. The minimum Gasteiger partial charge on any atom is -0.326 e. The third kappa shape index (κ3) is 6.13. The molecule has 0 radical (unpaired) electrons. The van der Waals surface area contributed by atoms with Crippen molar-refractivity contribution in [3.05, 3.63) is 57.6 Å². The molecule has 0 aliphatic carbocycles. The van der Waals surface area contributed by atoms with Crippen LogP contribution in [0.25, 0.3) is 0 Å². The fraction of sp³-hybridized carbons (Fsp3) is 0.316. The SMILES string of the molecule is Cc1ccc(NC(=O)CCCN(c2cc(Cl)ccc2C)S(C)(=O)=O)cc1Cl. The van der Waals surface area contributed by atoms with Gasteiger partial charge in [0.15, 0.2) is 0 Å². The van der Waals surface area contributed by atoms with E-state index >= 15 is 0 Å². The first-order valence-electron chi connectivity index (χ1n) is 8.38. The molecule has 0 bridgehead atoms. The molecule has 0 spiro atoms. The Morgan fingerprint density at radius 3 is 2.37 bits per heavy atom. The Hall–Kier alpha value is -1.76. The van der Waals surface area contributed by atoms with Gasteiger partial charge in [-0.15, -0.1) is 0 Å². The van der Waals surface area contributed by atoms with Gasteiger partial charge in [-0.3, -0.25) is 9.10 Å². The summed E-state index contributed by atoms with van der Waals surface area (Å²) < 4.78 is 25.7. The van der Waals surface area contributed by atoms with Crippen molar-refractivity contribution in [3.63, 3.8) is 0 Å². The number of benzene rings is 2. The van der Waals surface area contributed by atoms with Crippen molar-refractivity contribution in [1.29, 1.82) is 0 Å². The number of sulfonamides is 1. The van der Waals surface area contributed by atoms with Crippen molar-refractivity contribution in [2.45, 2.75) is 26.7 Å². The monoisotopic (exact) mass is 428 g/mol. The average Bonchev–Trinajstić information content (AvgIpc) is 2.56. The van der Waals surface area contributed by atoms with E-state index in [1.807, 2.05) is 19.9 Å². The zero-order valence-electron chi connectivity index (χ0n) is 15.4. The Kier molecular flexibility index (Phi) is 7.14. The number of aryl methyl sites for hydroxylation is 2. The summed E-state index contributed by atoms with van der Waals surface area (Å²) >= 11 is 12.1. The van der Waals surface area contributed by atoms with Crippen molar-refractivity contribution in [1.82, 2.24) is 0 Å². The van der Waals surface area contributed by atoms with Crippen LogP contribution >= 0.6 is 23.2 Å². The molecule has 0 fully saturated rings. The van der Waals surface area contributed by atoms with E-state index in [-0.39, 0.29) is 18.9 Å². The van der Waals surface area contributed by atoms with E-state index in [0.717, 1.165) is 17.4 Å². The summed E-state index contributed by atoms with van der Waals surface area (Å²) in [7, 11) is -3.50. The van der Waals surface area contributed by atoms with Gasteiger partial charge in [0, 0.05) is 28.7 Å². The van der Waals surface area contributed by atoms with Crippen LogP contribution in [0.4, 0.5) is 11.4 Å². The molecule has 2 rings (SSSR count). The van der Waals surface area contributed by atoms with Gasteiger partial charge in [-0.2, -0.15) is 0 Å². The lowest BCUT2D eigenvalue weighted by atomic mass is 10.2. The number of anilines is 2. The highest BCUT2D eigenvalue weighted by Crippen LogP contribution is 2.27. The van der Waals surface area contributed by atoms with Gasteiger partial charge in [0.05, 0.1) is 11.9 Å². The van der Waals surface area contributed by atoms with Crippen LogP contribution in [0.2, 0.25) is 10.0 Å². The number of rotatable bonds is 7. The maximum atomic E-state index is 12.2. The lowest BCUT2D eigenvalue weighted by Gasteiger charge is -2.24. The van der Waals surface area contributed by atoms with Crippen LogP contribution < -0.4 is 9.62 Å². The lowest BCUT2D eigenvalue weighted by Crippen LogP contribution is -2.32. The van der Waals surface area contributed by atoms with Gasteiger partial charge in [0.1, 0.15) is 0 Å². The van der Waals surface area contributed by atoms with Crippen molar-refractivity contribution in [3.8, 4) is 0 Å². The molecule has 0 saturated carbocycles. The van der Waals surface area contributed by atoms with Crippen LogP contribution in [-0.4, -0.2) is 27.1 Å². The smallest absolute Gasteiger partial charge is 0.232 e. The van der Waals surface area contributed by atoms with E-state index in [4.69, 9.17) is 23.2 Å². The fourth-order valence-corrected chi connectivity index (χ4v) is 3.96. The summed E-state index contributed by atoms with van der Waals surface area (Å²) in [5.41, 5.74) is 2.86. The summed E-state index contributed by atoms with van der Waals surface area (Å²) in [6, 6.07) is 10.4. The van der Waals surface area contributed by atoms with Crippen molar-refractivity contribution in [2.24, 2.45) is 0 Å². The van der Waals surface area contributed by atoms with Crippen LogP contribution in [0.1, 0.15) is 24.0 Å². The van der Waals surface area contributed by atoms with Crippen LogP contribution in [-0.2, 0) is 14.8 Å². The van der Waals surface area contributed by atoms with Gasteiger partial charge in [-0.05, 0) is 55.7 Å². The molecule has 0 aliphatic heterocycles. The van der Waals surface area contributed by atoms with Crippen molar-refractivity contribution < 1.29 is 13.2 Å². The number of amides is 1. The summed E-state index contributed by atoms with van der Waals surface area (Å²) in [5.74, 6) is -0.203. The number of halogens is 2. The van der Waals surface area contributed by atoms with Crippen LogP contribution in [0.5, 0.6) is 0 Å². The second kappa shape index (κ2) is 8.95. The van der Waals surface area contributed by atoms with Gasteiger partial charge < -0.3 is 5.32 Å². The number of nitrogens with zero attached hydrogens (tertiary/aromatic N) is 1. The van der Waals surface area contributed by atoms with Gasteiger partial charge >= 0.3 is 0 Å². The predicted octanol–water partition coefficient (Wildman–Crippen LogP) is 4.80. The Morgan fingerprint density at radius 2 is 1.74 bits per heavy atom. The molecule has 0 aromatic heterocycles. The second-order valence-corrected chi connectivity index (χ2v) is 9.13. The summed E-state index contributed by atoms with van der Waals surface area (Å²) in [6.45, 7) is 3.88. The van der Waals surface area contributed by atoms with Crippen molar-refractivity contribution in [2.75, 3.05) is 22.4 Å². The molecule has 0 aliphatic rings. The van der Waals surface area contributed by atoms with Crippen molar-refractivity contribution >= 4 is 50.5 Å². The fourth-order valence-electron chi connectivity index (χ4n) is 2.59. The maximum absolute atomic E-state index is 12.2. The van der Waals surface area contributed by atoms with E-state index in [1.54, 1.807) is 30.3 Å². The van der Waals surface area contributed by atoms with E-state index < -0.39 is 10.0 Å². The first-order valence-corrected chi connectivity index (χ1v) is 11.0. The standard InChI is InChI=1S/C19H22Cl2N2O3S/c1-13-7-9-16(12-17(13)21)22-19(24)5-4-10-23(27(3,25)26)18-11-15(20)8-6-14(18)2/h6-9,11-12H,4-5,10H2,1-3H3,(H,22,24). The molecule has 2 aromatic rings. The molecular weight excluding hydrogens is 407 g/mol. The zero-order valence-corrected chi connectivity index (χ0v) is 17.7. The first kappa shape index (κ1) is 21.5.